The lowest BCUT2D eigenvalue weighted by Gasteiger charge is -2.26. The second-order valence-corrected chi connectivity index (χ2v) is 8.07. The average molecular weight is 497 g/mol. The molecule has 34 heavy (non-hydrogen) atoms. The maximum Gasteiger partial charge on any atom is 0.335 e. The number of nitrogens with one attached hydrogen (secondary N) is 1. The average Bonchev–Trinajstić information content (AvgIpc) is 2.81. The molecule has 172 valence electrons. The number of urea groups is 1. The SMILES string of the molecule is COc1ccc(/C=C2\C(=O)NC(=O)N(c3cccc(Cl)c3)C2=O)c(OCc2ccccc2Cl)c1. The van der Waals surface area contributed by atoms with E-state index >= 15 is 0 Å². The van der Waals surface area contributed by atoms with Crippen LogP contribution in [0.3, 0.4) is 0 Å². The van der Waals surface area contributed by atoms with E-state index in [1.165, 1.54) is 19.3 Å². The van der Waals surface area contributed by atoms with E-state index in [1.807, 2.05) is 18.2 Å². The molecule has 0 bridgehead atoms. The van der Waals surface area contributed by atoms with Crippen molar-refractivity contribution < 1.29 is 23.9 Å². The normalized spacial score (nSPS) is 14.9. The predicted octanol–water partition coefficient (Wildman–Crippen LogP) is 5.25. The van der Waals surface area contributed by atoms with Gasteiger partial charge in [0.2, 0.25) is 0 Å². The van der Waals surface area contributed by atoms with Crippen molar-refractivity contribution in [2.75, 3.05) is 12.0 Å². The van der Waals surface area contributed by atoms with Crippen LogP contribution in [0, 0.1) is 0 Å². The number of hydrogen-bond acceptors (Lipinski definition) is 5. The van der Waals surface area contributed by atoms with E-state index in [-0.39, 0.29) is 17.9 Å². The molecule has 7 nitrogen and oxygen atoms in total. The molecule has 3 aromatic rings. The Bertz CT molecular complexity index is 1320. The van der Waals surface area contributed by atoms with Crippen molar-refractivity contribution in [2.45, 2.75) is 6.61 Å². The standard InChI is InChI=1S/C25H18Cl2N2O5/c1-33-19-10-9-15(22(13-19)34-14-16-5-2-3-8-21(16)27)11-20-23(30)28-25(32)29(24(20)31)18-7-4-6-17(26)12-18/h2-13H,14H2,1H3,(H,28,30,32)/b20-11+. The van der Waals surface area contributed by atoms with Crippen molar-refractivity contribution in [3.63, 3.8) is 0 Å². The van der Waals surface area contributed by atoms with Gasteiger partial charge in [-0.05, 0) is 42.5 Å². The monoisotopic (exact) mass is 496 g/mol. The number of carbonyl (C=O) groups is 3. The molecule has 4 amide bonds. The lowest BCUT2D eigenvalue weighted by molar-refractivity contribution is -0.122. The molecule has 0 aromatic heterocycles. The van der Waals surface area contributed by atoms with E-state index in [9.17, 15) is 14.4 Å². The Morgan fingerprint density at radius 3 is 2.50 bits per heavy atom. The molecule has 1 saturated heterocycles. The molecule has 3 aromatic carbocycles. The fourth-order valence-electron chi connectivity index (χ4n) is 3.32. The number of ether oxygens (including phenoxy) is 2. The van der Waals surface area contributed by atoms with Crippen molar-refractivity contribution >= 4 is 52.8 Å². The summed E-state index contributed by atoms with van der Waals surface area (Å²) in [6.45, 7) is 0.149. The van der Waals surface area contributed by atoms with Crippen LogP contribution >= 0.6 is 23.2 Å². The van der Waals surface area contributed by atoms with Gasteiger partial charge in [0.1, 0.15) is 23.7 Å². The fraction of sp³-hybridized carbons (Fsp3) is 0.0800. The van der Waals surface area contributed by atoms with Gasteiger partial charge in [-0.3, -0.25) is 14.9 Å². The molecule has 0 spiro atoms. The summed E-state index contributed by atoms with van der Waals surface area (Å²) in [7, 11) is 1.51. The zero-order valence-electron chi connectivity index (χ0n) is 17.9. The highest BCUT2D eigenvalue weighted by Gasteiger charge is 2.37. The van der Waals surface area contributed by atoms with Gasteiger partial charge in [-0.1, -0.05) is 47.5 Å². The summed E-state index contributed by atoms with van der Waals surface area (Å²) < 4.78 is 11.2. The topological polar surface area (TPSA) is 84.9 Å². The van der Waals surface area contributed by atoms with Gasteiger partial charge in [0.25, 0.3) is 11.8 Å². The molecule has 0 saturated carbocycles. The molecule has 9 heteroatoms. The quantitative estimate of drug-likeness (QED) is 0.372. The zero-order chi connectivity index (χ0) is 24.2. The Morgan fingerprint density at radius 2 is 1.76 bits per heavy atom. The van der Waals surface area contributed by atoms with Gasteiger partial charge in [-0.25, -0.2) is 9.69 Å². The van der Waals surface area contributed by atoms with Crippen LogP contribution in [0.2, 0.25) is 10.0 Å². The van der Waals surface area contributed by atoms with E-state index in [0.29, 0.717) is 27.1 Å². The van der Waals surface area contributed by atoms with Gasteiger partial charge < -0.3 is 9.47 Å². The molecule has 1 heterocycles. The molecular formula is C25H18Cl2N2O5. The van der Waals surface area contributed by atoms with Gasteiger partial charge >= 0.3 is 6.03 Å². The minimum Gasteiger partial charge on any atom is -0.497 e. The lowest BCUT2D eigenvalue weighted by Crippen LogP contribution is -2.54. The molecule has 0 aliphatic carbocycles. The minimum atomic E-state index is -0.862. The van der Waals surface area contributed by atoms with E-state index in [2.05, 4.69) is 5.32 Å². The maximum absolute atomic E-state index is 13.2. The number of nitrogens with zero attached hydrogens (tertiary/aromatic N) is 1. The summed E-state index contributed by atoms with van der Waals surface area (Å²) in [6.07, 6.45) is 1.36. The summed E-state index contributed by atoms with van der Waals surface area (Å²) in [5, 5.41) is 3.07. The van der Waals surface area contributed by atoms with Crippen LogP contribution in [0.25, 0.3) is 6.08 Å². The molecule has 0 atom stereocenters. The minimum absolute atomic E-state index is 0.149. The second kappa shape index (κ2) is 9.99. The molecule has 1 fully saturated rings. The highest BCUT2D eigenvalue weighted by Crippen LogP contribution is 2.30. The first-order chi connectivity index (χ1) is 16.4. The third-order valence-corrected chi connectivity index (χ3v) is 5.63. The third kappa shape index (κ3) is 4.90. The van der Waals surface area contributed by atoms with Crippen molar-refractivity contribution in [2.24, 2.45) is 0 Å². The first-order valence-electron chi connectivity index (χ1n) is 10.1. The van der Waals surface area contributed by atoms with Crippen LogP contribution in [0.4, 0.5) is 10.5 Å². The largest absolute Gasteiger partial charge is 0.497 e. The van der Waals surface area contributed by atoms with Crippen LogP contribution < -0.4 is 19.7 Å². The second-order valence-electron chi connectivity index (χ2n) is 7.22. The van der Waals surface area contributed by atoms with Crippen molar-refractivity contribution in [1.29, 1.82) is 0 Å². The molecule has 4 rings (SSSR count). The summed E-state index contributed by atoms with van der Waals surface area (Å²) in [5.74, 6) is -0.727. The van der Waals surface area contributed by atoms with E-state index in [0.717, 1.165) is 10.5 Å². The molecule has 0 radical (unpaired) electrons. The Kier molecular flexibility index (Phi) is 6.86. The maximum atomic E-state index is 13.2. The van der Waals surface area contributed by atoms with Crippen molar-refractivity contribution in [1.82, 2.24) is 5.32 Å². The number of methoxy groups -OCH3 is 1. The lowest BCUT2D eigenvalue weighted by atomic mass is 10.1. The summed E-state index contributed by atoms with van der Waals surface area (Å²) in [6, 6.07) is 17.5. The number of anilines is 1. The number of benzene rings is 3. The van der Waals surface area contributed by atoms with E-state index in [4.69, 9.17) is 32.7 Å². The van der Waals surface area contributed by atoms with Crippen LogP contribution in [-0.4, -0.2) is 25.0 Å². The summed E-state index contributed by atoms with van der Waals surface area (Å²) >= 11 is 12.2. The smallest absolute Gasteiger partial charge is 0.335 e. The Morgan fingerprint density at radius 1 is 0.971 bits per heavy atom. The molecule has 1 aliphatic heterocycles. The highest BCUT2D eigenvalue weighted by atomic mass is 35.5. The number of barbiturate groups is 1. The van der Waals surface area contributed by atoms with E-state index in [1.54, 1.807) is 42.5 Å². The number of amides is 4. The number of rotatable bonds is 6. The number of carbonyl (C=O) groups excluding carboxylic acids is 3. The van der Waals surface area contributed by atoms with Crippen molar-refractivity contribution in [3.05, 3.63) is 93.5 Å². The van der Waals surface area contributed by atoms with Crippen LogP contribution in [0.5, 0.6) is 11.5 Å². The van der Waals surface area contributed by atoms with Gasteiger partial charge in [0.15, 0.2) is 0 Å². The van der Waals surface area contributed by atoms with Gasteiger partial charge in [-0.2, -0.15) is 0 Å². The highest BCUT2D eigenvalue weighted by molar-refractivity contribution is 6.39. The number of halogens is 2. The van der Waals surface area contributed by atoms with Gasteiger partial charge in [0, 0.05) is 27.2 Å². The van der Waals surface area contributed by atoms with Crippen molar-refractivity contribution in [3.8, 4) is 11.5 Å². The molecule has 0 unspecified atom stereocenters. The van der Waals surface area contributed by atoms with Gasteiger partial charge in [-0.15, -0.1) is 0 Å². The summed E-state index contributed by atoms with van der Waals surface area (Å²) in [4.78, 5) is 39.0. The first kappa shape index (κ1) is 23.4. The summed E-state index contributed by atoms with van der Waals surface area (Å²) in [5.41, 5.74) is 1.19. The van der Waals surface area contributed by atoms with Gasteiger partial charge in [0.05, 0.1) is 12.8 Å². The van der Waals surface area contributed by atoms with Crippen LogP contribution in [0.15, 0.2) is 72.3 Å². The predicted molar refractivity (Wildman–Crippen MR) is 129 cm³/mol. The number of imide groups is 2. The Balaban J connectivity index is 1.70. The van der Waals surface area contributed by atoms with Crippen LogP contribution in [-0.2, 0) is 16.2 Å². The van der Waals surface area contributed by atoms with E-state index < -0.39 is 17.8 Å². The first-order valence-corrected chi connectivity index (χ1v) is 10.8. The fourth-order valence-corrected chi connectivity index (χ4v) is 3.69. The third-order valence-electron chi connectivity index (χ3n) is 5.03. The zero-order valence-corrected chi connectivity index (χ0v) is 19.4. The molecular weight excluding hydrogens is 479 g/mol. The molecule has 1 aliphatic rings. The molecule has 1 N–H and O–H groups in total. The Hall–Kier alpha value is -3.81. The van der Waals surface area contributed by atoms with Crippen LogP contribution in [0.1, 0.15) is 11.1 Å². The Labute approximate surface area is 205 Å². The number of hydrogen-bond donors (Lipinski definition) is 1.